The highest BCUT2D eigenvalue weighted by Crippen LogP contribution is 2.32. The third kappa shape index (κ3) is 5.95. The second kappa shape index (κ2) is 11.6. The van der Waals surface area contributed by atoms with Crippen LogP contribution in [0.5, 0.6) is 0 Å². The Morgan fingerprint density at radius 1 is 0.657 bits per heavy atom. The number of hydrogen-bond donors (Lipinski definition) is 7. The standard InChI is InChI=1S/C21H37NO13/c1-6-11(24)10(22-9(4)23)14(27)20(32-6)35-18-15(28)12(25)7(2)33-21(18)34-17-13(26)8(3)31-19(30-5)16(17)29/h6-8,10-21,24-29H,1-5H3,(H,22,23)/t6-,7-,8-,10+,11+,12-,13-,14-,15+,16+,17+,18+,19+,20-,21+/m1/s1. The first-order valence-electron chi connectivity index (χ1n) is 11.5. The topological polar surface area (TPSA) is 206 Å². The maximum absolute atomic E-state index is 11.6. The number of nitrogens with one attached hydrogen (secondary N) is 1. The quantitative estimate of drug-likeness (QED) is 0.184. The van der Waals surface area contributed by atoms with Crippen LogP contribution < -0.4 is 5.32 Å². The van der Waals surface area contributed by atoms with E-state index in [-0.39, 0.29) is 0 Å². The van der Waals surface area contributed by atoms with Gasteiger partial charge in [-0.2, -0.15) is 0 Å². The molecule has 3 saturated heterocycles. The third-order valence-electron chi connectivity index (χ3n) is 6.60. The molecule has 0 aromatic rings. The number of carbonyl (C=O) groups is 1. The highest BCUT2D eigenvalue weighted by molar-refractivity contribution is 5.73. The largest absolute Gasteiger partial charge is 0.388 e. The number of hydrogen-bond acceptors (Lipinski definition) is 13. The summed E-state index contributed by atoms with van der Waals surface area (Å²) in [4.78, 5) is 11.6. The molecule has 0 radical (unpaired) electrons. The summed E-state index contributed by atoms with van der Waals surface area (Å²) in [7, 11) is 1.31. The Kier molecular flexibility index (Phi) is 9.45. The van der Waals surface area contributed by atoms with Crippen molar-refractivity contribution in [1.29, 1.82) is 0 Å². The lowest BCUT2D eigenvalue weighted by Gasteiger charge is -2.48. The zero-order valence-electron chi connectivity index (χ0n) is 20.2. The Balaban J connectivity index is 1.83. The molecule has 3 fully saturated rings. The summed E-state index contributed by atoms with van der Waals surface area (Å²) in [5, 5.41) is 65.8. The van der Waals surface area contributed by atoms with Gasteiger partial charge >= 0.3 is 0 Å². The highest BCUT2D eigenvalue weighted by Gasteiger charge is 2.53. The molecule has 35 heavy (non-hydrogen) atoms. The summed E-state index contributed by atoms with van der Waals surface area (Å²) in [6.07, 6.45) is -18.0. The number of ether oxygens (including phenoxy) is 6. The van der Waals surface area contributed by atoms with Gasteiger partial charge in [-0.1, -0.05) is 0 Å². The van der Waals surface area contributed by atoms with Gasteiger partial charge in [0.15, 0.2) is 18.9 Å². The minimum atomic E-state index is -1.59. The molecule has 204 valence electrons. The van der Waals surface area contributed by atoms with Crippen LogP contribution in [0, 0.1) is 0 Å². The fourth-order valence-electron chi connectivity index (χ4n) is 4.47. The van der Waals surface area contributed by atoms with Crippen LogP contribution >= 0.6 is 0 Å². The van der Waals surface area contributed by atoms with E-state index in [4.69, 9.17) is 28.4 Å². The molecule has 0 unspecified atom stereocenters. The van der Waals surface area contributed by atoms with E-state index in [0.717, 1.165) is 0 Å². The molecule has 0 aromatic heterocycles. The predicted octanol–water partition coefficient (Wildman–Crippen LogP) is -3.69. The maximum atomic E-state index is 11.6. The van der Waals surface area contributed by atoms with Crippen molar-refractivity contribution in [2.75, 3.05) is 7.11 Å². The summed E-state index contributed by atoms with van der Waals surface area (Å²) >= 11 is 0. The molecule has 0 saturated carbocycles. The molecule has 0 aromatic carbocycles. The molecule has 14 heteroatoms. The van der Waals surface area contributed by atoms with Crippen LogP contribution in [0.1, 0.15) is 27.7 Å². The lowest BCUT2D eigenvalue weighted by Crippen LogP contribution is -2.67. The Morgan fingerprint density at radius 3 is 1.77 bits per heavy atom. The van der Waals surface area contributed by atoms with Gasteiger partial charge in [0.1, 0.15) is 48.8 Å². The monoisotopic (exact) mass is 511 g/mol. The molecular weight excluding hydrogens is 474 g/mol. The van der Waals surface area contributed by atoms with Crippen molar-refractivity contribution in [3.63, 3.8) is 0 Å². The van der Waals surface area contributed by atoms with Crippen molar-refractivity contribution in [3.05, 3.63) is 0 Å². The van der Waals surface area contributed by atoms with Crippen molar-refractivity contribution in [3.8, 4) is 0 Å². The Bertz CT molecular complexity index is 715. The van der Waals surface area contributed by atoms with Gasteiger partial charge in [-0.25, -0.2) is 0 Å². The Hall–Kier alpha value is -1.01. The first kappa shape index (κ1) is 28.6. The van der Waals surface area contributed by atoms with Gasteiger partial charge in [0.05, 0.1) is 24.4 Å². The van der Waals surface area contributed by atoms with E-state index in [1.807, 2.05) is 0 Å². The first-order valence-corrected chi connectivity index (χ1v) is 11.5. The number of amides is 1. The zero-order valence-corrected chi connectivity index (χ0v) is 20.2. The van der Waals surface area contributed by atoms with Crippen LogP contribution in [0.25, 0.3) is 0 Å². The second-order valence-corrected chi connectivity index (χ2v) is 9.24. The fourth-order valence-corrected chi connectivity index (χ4v) is 4.47. The van der Waals surface area contributed by atoms with Gasteiger partial charge in [-0.05, 0) is 20.8 Å². The van der Waals surface area contributed by atoms with Gasteiger partial charge in [0.2, 0.25) is 5.91 Å². The molecule has 3 aliphatic rings. The summed E-state index contributed by atoms with van der Waals surface area (Å²) < 4.78 is 33.4. The summed E-state index contributed by atoms with van der Waals surface area (Å²) in [5.74, 6) is -0.503. The molecule has 3 aliphatic heterocycles. The number of aliphatic hydroxyl groups is 6. The van der Waals surface area contributed by atoms with Crippen LogP contribution in [0.4, 0.5) is 0 Å². The zero-order chi connectivity index (χ0) is 26.2. The average molecular weight is 512 g/mol. The van der Waals surface area contributed by atoms with Crippen LogP contribution in [0.3, 0.4) is 0 Å². The molecule has 7 N–H and O–H groups in total. The van der Waals surface area contributed by atoms with Crippen LogP contribution in [0.2, 0.25) is 0 Å². The fraction of sp³-hybridized carbons (Fsp3) is 0.952. The lowest BCUT2D eigenvalue weighted by atomic mass is 9.95. The van der Waals surface area contributed by atoms with E-state index in [0.29, 0.717) is 0 Å². The number of rotatable bonds is 6. The van der Waals surface area contributed by atoms with Gasteiger partial charge < -0.3 is 64.4 Å². The van der Waals surface area contributed by atoms with Gasteiger partial charge in [0.25, 0.3) is 0 Å². The van der Waals surface area contributed by atoms with Crippen molar-refractivity contribution in [1.82, 2.24) is 5.32 Å². The molecule has 1 amide bonds. The summed E-state index contributed by atoms with van der Waals surface area (Å²) in [6.45, 7) is 5.75. The van der Waals surface area contributed by atoms with Gasteiger partial charge in [-0.15, -0.1) is 0 Å². The van der Waals surface area contributed by atoms with E-state index < -0.39 is 98.0 Å². The minimum absolute atomic E-state index is 0.503. The first-order chi connectivity index (χ1) is 16.4. The molecule has 0 bridgehead atoms. The van der Waals surface area contributed by atoms with Crippen LogP contribution in [-0.2, 0) is 33.2 Å². The van der Waals surface area contributed by atoms with Crippen molar-refractivity contribution in [2.24, 2.45) is 0 Å². The van der Waals surface area contributed by atoms with E-state index in [2.05, 4.69) is 5.32 Å². The predicted molar refractivity (Wildman–Crippen MR) is 113 cm³/mol. The lowest BCUT2D eigenvalue weighted by molar-refractivity contribution is -0.379. The van der Waals surface area contributed by atoms with Crippen molar-refractivity contribution in [2.45, 2.75) is 120 Å². The van der Waals surface area contributed by atoms with E-state index in [1.165, 1.54) is 27.9 Å². The SMILES string of the molecule is CO[C@H]1O[C@H](C)[C@@H](O)[C@H](O[C@@H]2O[C@H](C)[C@@H](O)[C@H](O)[C@@H]2O[C@H]2O[C@H](C)[C@H](O)[C@H](NC(C)=O)[C@H]2O)[C@@H]1O. The molecule has 15 atom stereocenters. The molecule has 3 rings (SSSR count). The van der Waals surface area contributed by atoms with Crippen molar-refractivity contribution >= 4 is 5.91 Å². The van der Waals surface area contributed by atoms with Crippen LogP contribution in [-0.4, -0.2) is 136 Å². The van der Waals surface area contributed by atoms with Crippen LogP contribution in [0.15, 0.2) is 0 Å². The second-order valence-electron chi connectivity index (χ2n) is 9.24. The summed E-state index contributed by atoms with van der Waals surface area (Å²) in [6, 6.07) is -1.14. The minimum Gasteiger partial charge on any atom is -0.388 e. The van der Waals surface area contributed by atoms with Gasteiger partial charge in [0, 0.05) is 14.0 Å². The van der Waals surface area contributed by atoms with Crippen molar-refractivity contribution < 1.29 is 63.9 Å². The smallest absolute Gasteiger partial charge is 0.217 e. The van der Waals surface area contributed by atoms with E-state index in [9.17, 15) is 35.4 Å². The third-order valence-corrected chi connectivity index (χ3v) is 6.60. The molecule has 0 aliphatic carbocycles. The number of aliphatic hydroxyl groups excluding tert-OH is 6. The number of carbonyl (C=O) groups excluding carboxylic acids is 1. The van der Waals surface area contributed by atoms with E-state index in [1.54, 1.807) is 6.92 Å². The molecule has 14 nitrogen and oxygen atoms in total. The van der Waals surface area contributed by atoms with Gasteiger partial charge in [-0.3, -0.25) is 4.79 Å². The molecule has 0 spiro atoms. The summed E-state index contributed by atoms with van der Waals surface area (Å²) in [5.41, 5.74) is 0. The Labute approximate surface area is 202 Å². The maximum Gasteiger partial charge on any atom is 0.217 e. The molecule has 3 heterocycles. The normalized spacial score (nSPS) is 51.1. The highest BCUT2D eigenvalue weighted by atomic mass is 16.8. The number of methoxy groups -OCH3 is 1. The average Bonchev–Trinajstić information content (AvgIpc) is 2.80. The van der Waals surface area contributed by atoms with E-state index >= 15 is 0 Å². The Morgan fingerprint density at radius 2 is 1.17 bits per heavy atom. The molecular formula is C21H37NO13.